The Morgan fingerprint density at radius 1 is 1.24 bits per heavy atom. The molecule has 1 heterocycles. The summed E-state index contributed by atoms with van der Waals surface area (Å²) < 4.78 is 0. The molecule has 0 spiro atoms. The molecular formula is C14H12ClN3O2S. The van der Waals surface area contributed by atoms with Crippen molar-refractivity contribution in [1.29, 1.82) is 0 Å². The van der Waals surface area contributed by atoms with E-state index in [4.69, 9.17) is 23.8 Å². The number of ketones is 1. The molecule has 108 valence electrons. The predicted octanol–water partition coefficient (Wildman–Crippen LogP) is 2.22. The molecule has 21 heavy (non-hydrogen) atoms. The molecule has 0 fully saturated rings. The van der Waals surface area contributed by atoms with E-state index in [2.05, 4.69) is 15.6 Å². The predicted molar refractivity (Wildman–Crippen MR) is 85.4 cm³/mol. The first-order chi connectivity index (χ1) is 10.1. The first-order valence-electron chi connectivity index (χ1n) is 6.02. The van der Waals surface area contributed by atoms with E-state index in [9.17, 15) is 9.90 Å². The number of nitrogens with zero attached hydrogens (tertiary/aromatic N) is 1. The first kappa shape index (κ1) is 15.4. The highest BCUT2D eigenvalue weighted by Gasteiger charge is 2.17. The van der Waals surface area contributed by atoms with Gasteiger partial charge >= 0.3 is 0 Å². The lowest BCUT2D eigenvalue weighted by atomic mass is 10.1. The van der Waals surface area contributed by atoms with Crippen molar-refractivity contribution < 1.29 is 9.90 Å². The second-order valence-electron chi connectivity index (χ2n) is 4.09. The molecule has 0 saturated carbocycles. The minimum absolute atomic E-state index is 0.100. The zero-order valence-electron chi connectivity index (χ0n) is 10.8. The Labute approximate surface area is 132 Å². The van der Waals surface area contributed by atoms with E-state index in [-0.39, 0.29) is 5.11 Å². The summed E-state index contributed by atoms with van der Waals surface area (Å²) in [5, 5.41) is 15.7. The van der Waals surface area contributed by atoms with Crippen LogP contribution in [-0.2, 0) is 0 Å². The Kier molecular flexibility index (Phi) is 5.21. The lowest BCUT2D eigenvalue weighted by molar-refractivity contribution is 0.0720. The first-order valence-corrected chi connectivity index (χ1v) is 6.81. The number of benzene rings is 1. The number of nitrogens with one attached hydrogen (secondary N) is 2. The summed E-state index contributed by atoms with van der Waals surface area (Å²) in [4.78, 5) is 16.0. The quantitative estimate of drug-likeness (QED) is 0.455. The Hall–Kier alpha value is -2.02. The van der Waals surface area contributed by atoms with Crippen LogP contribution in [0.3, 0.4) is 0 Å². The molecule has 0 aliphatic carbocycles. The van der Waals surface area contributed by atoms with Gasteiger partial charge in [-0.3, -0.25) is 4.79 Å². The summed E-state index contributed by atoms with van der Waals surface area (Å²) >= 11 is 10.8. The zero-order valence-corrected chi connectivity index (χ0v) is 12.4. The average Bonchev–Trinajstić information content (AvgIpc) is 2.48. The Bertz CT molecular complexity index is 634. The van der Waals surface area contributed by atoms with Crippen molar-refractivity contribution in [3.8, 4) is 0 Å². The minimum atomic E-state index is -1.45. The highest BCUT2D eigenvalue weighted by atomic mass is 35.5. The van der Waals surface area contributed by atoms with Crippen LogP contribution in [0.4, 0.5) is 5.82 Å². The number of aliphatic hydroxyl groups is 1. The van der Waals surface area contributed by atoms with E-state index in [1.807, 2.05) is 0 Å². The molecule has 7 heteroatoms. The molecule has 0 saturated heterocycles. The molecule has 2 rings (SSSR count). The maximum atomic E-state index is 12.0. The van der Waals surface area contributed by atoms with Gasteiger partial charge in [0.15, 0.2) is 11.3 Å². The van der Waals surface area contributed by atoms with Gasteiger partial charge in [0.2, 0.25) is 5.78 Å². The van der Waals surface area contributed by atoms with Crippen LogP contribution in [0.5, 0.6) is 0 Å². The van der Waals surface area contributed by atoms with Crippen LogP contribution < -0.4 is 10.6 Å². The third-order valence-electron chi connectivity index (χ3n) is 2.55. The molecule has 0 bridgehead atoms. The van der Waals surface area contributed by atoms with E-state index >= 15 is 0 Å². The average molecular weight is 322 g/mol. The largest absolute Gasteiger partial charge is 0.367 e. The van der Waals surface area contributed by atoms with Crippen LogP contribution >= 0.6 is 23.8 Å². The number of aliphatic hydroxyl groups excluding tert-OH is 1. The van der Waals surface area contributed by atoms with Gasteiger partial charge in [0.25, 0.3) is 0 Å². The van der Waals surface area contributed by atoms with Gasteiger partial charge in [-0.25, -0.2) is 4.98 Å². The third-order valence-corrected chi connectivity index (χ3v) is 3.02. The van der Waals surface area contributed by atoms with Crippen molar-refractivity contribution in [3.63, 3.8) is 0 Å². The number of carbonyl (C=O) groups excluding carboxylic acids is 1. The molecule has 5 nitrogen and oxygen atoms in total. The van der Waals surface area contributed by atoms with Crippen LogP contribution in [0, 0.1) is 0 Å². The number of hydrogen-bond acceptors (Lipinski definition) is 4. The Balaban J connectivity index is 1.94. The maximum Gasteiger partial charge on any atom is 0.211 e. The molecule has 0 amide bonds. The molecule has 0 aliphatic rings. The van der Waals surface area contributed by atoms with Crippen molar-refractivity contribution in [1.82, 2.24) is 10.3 Å². The molecule has 1 aromatic heterocycles. The van der Waals surface area contributed by atoms with Gasteiger partial charge in [-0.2, -0.15) is 0 Å². The number of hydrogen-bond donors (Lipinski definition) is 3. The number of halogens is 1. The number of thiocarbonyl (C=S) groups is 1. The number of Topliss-reactive ketones (excluding diaryl/α,β-unsaturated/α-hetero) is 1. The number of carbonyl (C=O) groups is 1. The van der Waals surface area contributed by atoms with Crippen LogP contribution in [0.1, 0.15) is 10.4 Å². The van der Waals surface area contributed by atoms with Gasteiger partial charge in [-0.15, -0.1) is 0 Å². The normalized spacial score (nSPS) is 11.5. The maximum absolute atomic E-state index is 12.0. The number of aromatic nitrogens is 1. The van der Waals surface area contributed by atoms with Gasteiger partial charge < -0.3 is 15.7 Å². The second-order valence-corrected chi connectivity index (χ2v) is 4.93. The van der Waals surface area contributed by atoms with Crippen LogP contribution in [0.15, 0.2) is 48.7 Å². The van der Waals surface area contributed by atoms with Crippen molar-refractivity contribution >= 4 is 40.5 Å². The van der Waals surface area contributed by atoms with Crippen molar-refractivity contribution in [2.24, 2.45) is 0 Å². The van der Waals surface area contributed by atoms with Gasteiger partial charge in [-0.1, -0.05) is 17.7 Å². The summed E-state index contributed by atoms with van der Waals surface area (Å²) in [6.45, 7) is 0. The van der Waals surface area contributed by atoms with Gasteiger partial charge in [-0.05, 0) is 48.6 Å². The molecule has 0 aliphatic heterocycles. The molecule has 0 radical (unpaired) electrons. The zero-order chi connectivity index (χ0) is 15.2. The number of pyridine rings is 1. The van der Waals surface area contributed by atoms with Crippen LogP contribution in [0.25, 0.3) is 0 Å². The summed E-state index contributed by atoms with van der Waals surface area (Å²) in [5.41, 5.74) is 0.333. The number of anilines is 1. The van der Waals surface area contributed by atoms with E-state index in [0.29, 0.717) is 16.4 Å². The van der Waals surface area contributed by atoms with Crippen molar-refractivity contribution in [2.45, 2.75) is 6.23 Å². The minimum Gasteiger partial charge on any atom is -0.367 e. The van der Waals surface area contributed by atoms with E-state index < -0.39 is 12.0 Å². The van der Waals surface area contributed by atoms with Crippen molar-refractivity contribution in [2.75, 3.05) is 5.32 Å². The summed E-state index contributed by atoms with van der Waals surface area (Å²) in [6, 6.07) is 11.5. The monoisotopic (exact) mass is 321 g/mol. The standard InChI is InChI=1S/C14H12ClN3O2S/c15-10-6-4-9(5-7-10)12(19)13(20)18-14(21)17-11-3-1-2-8-16-11/h1-8,13,20H,(H2,16,17,18,21). The van der Waals surface area contributed by atoms with Crippen LogP contribution in [-0.4, -0.2) is 27.2 Å². The molecule has 1 aromatic carbocycles. The van der Waals surface area contributed by atoms with E-state index in [1.165, 1.54) is 12.1 Å². The smallest absolute Gasteiger partial charge is 0.211 e. The lowest BCUT2D eigenvalue weighted by Gasteiger charge is -2.14. The second kappa shape index (κ2) is 7.12. The summed E-state index contributed by atoms with van der Waals surface area (Å²) in [7, 11) is 0. The van der Waals surface area contributed by atoms with Crippen LogP contribution in [0.2, 0.25) is 5.02 Å². The fourth-order valence-corrected chi connectivity index (χ4v) is 1.89. The molecule has 1 unspecified atom stereocenters. The third kappa shape index (κ3) is 4.49. The summed E-state index contributed by atoms with van der Waals surface area (Å²) in [6.07, 6.45) is 0.148. The van der Waals surface area contributed by atoms with Gasteiger partial charge in [0, 0.05) is 16.8 Å². The number of rotatable bonds is 4. The lowest BCUT2D eigenvalue weighted by Crippen LogP contribution is -2.42. The molecular weight excluding hydrogens is 310 g/mol. The topological polar surface area (TPSA) is 74.2 Å². The SMILES string of the molecule is O=C(c1ccc(Cl)cc1)C(O)NC(=S)Nc1ccccn1. The fraction of sp³-hybridized carbons (Fsp3) is 0.0714. The van der Waals surface area contributed by atoms with Gasteiger partial charge in [0.05, 0.1) is 0 Å². The highest BCUT2D eigenvalue weighted by molar-refractivity contribution is 7.80. The van der Waals surface area contributed by atoms with E-state index in [0.717, 1.165) is 0 Å². The van der Waals surface area contributed by atoms with Crippen molar-refractivity contribution in [3.05, 3.63) is 59.2 Å². The van der Waals surface area contributed by atoms with E-state index in [1.54, 1.807) is 36.5 Å². The fourth-order valence-electron chi connectivity index (χ4n) is 1.55. The molecule has 2 aromatic rings. The summed E-state index contributed by atoms with van der Waals surface area (Å²) in [5.74, 6) is 0.0120. The molecule has 3 N–H and O–H groups in total. The highest BCUT2D eigenvalue weighted by Crippen LogP contribution is 2.11. The van der Waals surface area contributed by atoms with Gasteiger partial charge in [0.1, 0.15) is 5.82 Å². The Morgan fingerprint density at radius 3 is 2.57 bits per heavy atom. The Morgan fingerprint density at radius 2 is 1.95 bits per heavy atom. The molecule has 1 atom stereocenters.